The first kappa shape index (κ1) is 36.8. The first-order valence-corrected chi connectivity index (χ1v) is 22.3. The first-order chi connectivity index (χ1) is 31.2. The summed E-state index contributed by atoms with van der Waals surface area (Å²) in [6.45, 7) is 0. The van der Waals surface area contributed by atoms with Crippen molar-refractivity contribution in [3.05, 3.63) is 243 Å². The molecule has 0 N–H and O–H groups in total. The van der Waals surface area contributed by atoms with Gasteiger partial charge in [0.1, 0.15) is 0 Å². The van der Waals surface area contributed by atoms with E-state index in [0.29, 0.717) is 0 Å². The lowest BCUT2D eigenvalue weighted by Crippen LogP contribution is -2.10. The van der Waals surface area contributed by atoms with Crippen molar-refractivity contribution in [2.45, 2.75) is 0 Å². The van der Waals surface area contributed by atoms with Crippen molar-refractivity contribution in [2.24, 2.45) is 0 Å². The molecule has 3 heteroatoms. The van der Waals surface area contributed by atoms with Gasteiger partial charge in [0, 0.05) is 43.3 Å². The summed E-state index contributed by atoms with van der Waals surface area (Å²) >= 11 is 1.86. The first-order valence-electron chi connectivity index (χ1n) is 21.5. The Labute approximate surface area is 370 Å². The van der Waals surface area contributed by atoms with Crippen molar-refractivity contribution in [3.63, 3.8) is 0 Å². The van der Waals surface area contributed by atoms with E-state index in [1.54, 1.807) is 0 Å². The number of rotatable bonds is 8. The molecule has 0 radical (unpaired) electrons. The molecule has 2 aromatic heterocycles. The highest BCUT2D eigenvalue weighted by Gasteiger charge is 2.19. The largest absolute Gasteiger partial charge is 0.309 e. The number of aromatic nitrogens is 1. The fourth-order valence-corrected chi connectivity index (χ4v) is 10.5. The second-order valence-electron chi connectivity index (χ2n) is 16.1. The molecule has 296 valence electrons. The number of benzene rings is 10. The SMILES string of the molecule is c1ccc(-c2ccc(N(c3ccc(-c4cccc(-c5cccc(-c6ccc7c(c6)c6ccccc6n7-c6ccccc6)c5)c4)cc3)c3cccc4c3sc3ccccc34)cc2)cc1. The molecule has 2 nitrogen and oxygen atoms in total. The standard InChI is InChI=1S/C60H40N2S/c1-3-14-41(15-4-1)42-28-33-50(34-29-42)61(58-26-13-24-54-53-23-8-10-27-59(53)63-60(54)58)51-35-30-43(31-36-51)44-16-11-17-45(38-44)46-18-12-19-47(39-46)48-32-37-57-55(40-48)52-22-7-9-25-56(52)62(57)49-20-5-2-6-21-49/h1-40H. The van der Waals surface area contributed by atoms with Crippen LogP contribution in [0, 0.1) is 0 Å². The highest BCUT2D eigenvalue weighted by molar-refractivity contribution is 7.26. The minimum Gasteiger partial charge on any atom is -0.309 e. The summed E-state index contributed by atoms with van der Waals surface area (Å²) in [6, 6.07) is 88.3. The maximum absolute atomic E-state index is 2.41. The molecule has 0 aliphatic carbocycles. The smallest absolute Gasteiger partial charge is 0.0640 e. The lowest BCUT2D eigenvalue weighted by molar-refractivity contribution is 1.18. The minimum atomic E-state index is 1.11. The number of anilines is 3. The van der Waals surface area contributed by atoms with Gasteiger partial charge in [-0.25, -0.2) is 0 Å². The molecule has 0 saturated carbocycles. The highest BCUT2D eigenvalue weighted by atomic mass is 32.1. The van der Waals surface area contributed by atoms with E-state index < -0.39 is 0 Å². The molecule has 0 amide bonds. The van der Waals surface area contributed by atoms with Crippen molar-refractivity contribution in [2.75, 3.05) is 4.90 Å². The topological polar surface area (TPSA) is 8.17 Å². The number of hydrogen-bond acceptors (Lipinski definition) is 2. The molecule has 12 rings (SSSR count). The van der Waals surface area contributed by atoms with Crippen LogP contribution < -0.4 is 4.90 Å². The van der Waals surface area contributed by atoms with Crippen LogP contribution in [0.3, 0.4) is 0 Å². The molecule has 0 atom stereocenters. The average Bonchev–Trinajstić information content (AvgIpc) is 3.91. The maximum Gasteiger partial charge on any atom is 0.0640 e. The monoisotopic (exact) mass is 820 g/mol. The molecule has 2 heterocycles. The van der Waals surface area contributed by atoms with E-state index in [9.17, 15) is 0 Å². The van der Waals surface area contributed by atoms with Gasteiger partial charge in [0.25, 0.3) is 0 Å². The van der Waals surface area contributed by atoms with Crippen LogP contribution in [-0.4, -0.2) is 4.57 Å². The van der Waals surface area contributed by atoms with Crippen LogP contribution in [0.15, 0.2) is 243 Å². The fourth-order valence-electron chi connectivity index (χ4n) is 9.34. The van der Waals surface area contributed by atoms with Crippen LogP contribution in [-0.2, 0) is 0 Å². The Bertz CT molecular complexity index is 3600. The van der Waals surface area contributed by atoms with Crippen LogP contribution in [0.5, 0.6) is 0 Å². The molecule has 12 aromatic rings. The fraction of sp³-hybridized carbons (Fsp3) is 0. The normalized spacial score (nSPS) is 11.5. The Kier molecular flexibility index (Phi) is 9.06. The summed E-state index contributed by atoms with van der Waals surface area (Å²) in [4.78, 5) is 2.41. The van der Waals surface area contributed by atoms with Gasteiger partial charge in [-0.3, -0.25) is 0 Å². The summed E-state index contributed by atoms with van der Waals surface area (Å²) in [5, 5.41) is 5.10. The van der Waals surface area contributed by atoms with Crippen molar-refractivity contribution < 1.29 is 0 Å². The molecule has 0 spiro atoms. The third kappa shape index (κ3) is 6.58. The van der Waals surface area contributed by atoms with Gasteiger partial charge in [-0.05, 0) is 123 Å². The number of hydrogen-bond donors (Lipinski definition) is 0. The summed E-state index contributed by atoms with van der Waals surface area (Å²) in [6.07, 6.45) is 0. The third-order valence-electron chi connectivity index (χ3n) is 12.4. The Morgan fingerprint density at radius 3 is 1.44 bits per heavy atom. The quantitative estimate of drug-likeness (QED) is 0.148. The molecule has 0 fully saturated rings. The van der Waals surface area contributed by atoms with Crippen molar-refractivity contribution in [1.82, 2.24) is 4.57 Å². The number of para-hydroxylation sites is 2. The van der Waals surface area contributed by atoms with Gasteiger partial charge in [0.05, 0.1) is 21.4 Å². The third-order valence-corrected chi connectivity index (χ3v) is 13.6. The highest BCUT2D eigenvalue weighted by Crippen LogP contribution is 2.45. The Balaban J connectivity index is 0.891. The van der Waals surface area contributed by atoms with Gasteiger partial charge < -0.3 is 9.47 Å². The summed E-state index contributed by atoms with van der Waals surface area (Å²) in [7, 11) is 0. The zero-order valence-corrected chi connectivity index (χ0v) is 35.2. The molecule has 0 aliphatic heterocycles. The minimum absolute atomic E-state index is 1.11. The molecule has 10 aromatic carbocycles. The van der Waals surface area contributed by atoms with Crippen LogP contribution in [0.25, 0.3) is 92.2 Å². The summed E-state index contributed by atoms with van der Waals surface area (Å²) in [5.74, 6) is 0. The molecule has 63 heavy (non-hydrogen) atoms. The van der Waals surface area contributed by atoms with Crippen molar-refractivity contribution in [1.29, 1.82) is 0 Å². The predicted octanol–water partition coefficient (Wildman–Crippen LogP) is 17.3. The predicted molar refractivity (Wildman–Crippen MR) is 270 cm³/mol. The molecule has 0 aliphatic rings. The van der Waals surface area contributed by atoms with Gasteiger partial charge in [0.2, 0.25) is 0 Å². The zero-order valence-electron chi connectivity index (χ0n) is 34.4. The summed E-state index contributed by atoms with van der Waals surface area (Å²) in [5.41, 5.74) is 16.6. The maximum atomic E-state index is 2.41. The van der Waals surface area contributed by atoms with Gasteiger partial charge in [-0.15, -0.1) is 11.3 Å². The molecule has 0 saturated heterocycles. The van der Waals surface area contributed by atoms with E-state index >= 15 is 0 Å². The average molecular weight is 821 g/mol. The van der Waals surface area contributed by atoms with E-state index in [-0.39, 0.29) is 0 Å². The van der Waals surface area contributed by atoms with E-state index in [0.717, 1.165) is 11.4 Å². The Hall–Kier alpha value is -7.98. The lowest BCUT2D eigenvalue weighted by atomic mass is 9.95. The van der Waals surface area contributed by atoms with Gasteiger partial charge >= 0.3 is 0 Å². The van der Waals surface area contributed by atoms with Crippen LogP contribution in [0.2, 0.25) is 0 Å². The molecular weight excluding hydrogens is 781 g/mol. The van der Waals surface area contributed by atoms with Crippen LogP contribution in [0.4, 0.5) is 17.1 Å². The Morgan fingerprint density at radius 1 is 0.302 bits per heavy atom. The van der Waals surface area contributed by atoms with E-state index in [2.05, 4.69) is 252 Å². The van der Waals surface area contributed by atoms with E-state index in [1.165, 1.54) is 97.9 Å². The molecule has 0 unspecified atom stereocenters. The molecule has 0 bridgehead atoms. The second-order valence-corrected chi connectivity index (χ2v) is 17.2. The van der Waals surface area contributed by atoms with Gasteiger partial charge in [0.15, 0.2) is 0 Å². The molecular formula is C60H40N2S. The number of thiophene rings is 1. The van der Waals surface area contributed by atoms with E-state index in [4.69, 9.17) is 0 Å². The number of nitrogens with zero attached hydrogens (tertiary/aromatic N) is 2. The van der Waals surface area contributed by atoms with Crippen LogP contribution >= 0.6 is 11.3 Å². The van der Waals surface area contributed by atoms with Crippen molar-refractivity contribution >= 4 is 70.4 Å². The number of fused-ring (bicyclic) bond motifs is 6. The zero-order chi connectivity index (χ0) is 41.7. The van der Waals surface area contributed by atoms with Crippen molar-refractivity contribution in [3.8, 4) is 50.2 Å². The van der Waals surface area contributed by atoms with Gasteiger partial charge in [-0.1, -0.05) is 164 Å². The lowest BCUT2D eigenvalue weighted by Gasteiger charge is -2.26. The Morgan fingerprint density at radius 2 is 0.762 bits per heavy atom. The summed E-state index contributed by atoms with van der Waals surface area (Å²) < 4.78 is 4.95. The van der Waals surface area contributed by atoms with Gasteiger partial charge in [-0.2, -0.15) is 0 Å². The van der Waals surface area contributed by atoms with E-state index in [1.807, 2.05) is 11.3 Å². The van der Waals surface area contributed by atoms with Crippen LogP contribution in [0.1, 0.15) is 0 Å². The second kappa shape index (κ2) is 15.5.